The molecule has 0 nitrogen and oxygen atoms in total. The van der Waals surface area contributed by atoms with Gasteiger partial charge in [0, 0.05) is 0 Å². The summed E-state index contributed by atoms with van der Waals surface area (Å²) in [5.74, 6) is -0.637. The molecule has 0 aromatic carbocycles. The molecule has 0 heterocycles. The Morgan fingerprint density at radius 1 is 1.33 bits per heavy atom. The van der Waals surface area contributed by atoms with Crippen molar-refractivity contribution in [1.82, 2.24) is 0 Å². The van der Waals surface area contributed by atoms with Crippen LogP contribution in [-0.2, 0) is 0 Å². The van der Waals surface area contributed by atoms with E-state index in [1.54, 1.807) is 0 Å². The third-order valence-electron chi connectivity index (χ3n) is 0.542. The molecule has 9 heavy (non-hydrogen) atoms. The standard InChI is InChI=1S/C6H5Cl2F/c1-4(9)3-6(8)5(2)7/h3H,1-2H2/b6-3+. The van der Waals surface area contributed by atoms with E-state index in [0.717, 1.165) is 6.08 Å². The highest BCUT2D eigenvalue weighted by atomic mass is 35.5. The summed E-state index contributed by atoms with van der Waals surface area (Å²) in [7, 11) is 0. The molecule has 0 aliphatic carbocycles. The fourth-order valence-corrected chi connectivity index (χ4v) is 0.389. The van der Waals surface area contributed by atoms with Crippen molar-refractivity contribution < 1.29 is 4.39 Å². The SMILES string of the molecule is C=C(F)/C=C(/Cl)C(=C)Cl. The molecule has 0 aliphatic rings. The van der Waals surface area contributed by atoms with Crippen molar-refractivity contribution in [3.63, 3.8) is 0 Å². The summed E-state index contributed by atoms with van der Waals surface area (Å²) in [5.41, 5.74) is 0. The van der Waals surface area contributed by atoms with Gasteiger partial charge in [-0.05, 0) is 6.08 Å². The molecular weight excluding hydrogens is 162 g/mol. The second-order valence-corrected chi connectivity index (χ2v) is 2.21. The van der Waals surface area contributed by atoms with E-state index in [2.05, 4.69) is 13.2 Å². The van der Waals surface area contributed by atoms with Gasteiger partial charge in [0.25, 0.3) is 0 Å². The summed E-state index contributed by atoms with van der Waals surface area (Å²) in [4.78, 5) is 0. The van der Waals surface area contributed by atoms with Crippen LogP contribution in [0, 0.1) is 0 Å². The van der Waals surface area contributed by atoms with E-state index < -0.39 is 5.83 Å². The zero-order chi connectivity index (χ0) is 7.44. The Labute approximate surface area is 63.3 Å². The van der Waals surface area contributed by atoms with Crippen molar-refractivity contribution in [2.45, 2.75) is 0 Å². The molecule has 0 aliphatic heterocycles. The summed E-state index contributed by atoms with van der Waals surface area (Å²) in [6, 6.07) is 0. The van der Waals surface area contributed by atoms with Gasteiger partial charge < -0.3 is 0 Å². The predicted octanol–water partition coefficient (Wildman–Crippen LogP) is 3.34. The van der Waals surface area contributed by atoms with Crippen LogP contribution in [0.5, 0.6) is 0 Å². The van der Waals surface area contributed by atoms with Gasteiger partial charge in [-0.25, -0.2) is 4.39 Å². The summed E-state index contributed by atoms with van der Waals surface area (Å²) in [6.07, 6.45) is 0.997. The normalized spacial score (nSPS) is 11.2. The first kappa shape index (κ1) is 8.73. The quantitative estimate of drug-likeness (QED) is 0.553. The second kappa shape index (κ2) is 3.70. The van der Waals surface area contributed by atoms with Crippen LogP contribution in [0.2, 0.25) is 0 Å². The minimum Gasteiger partial charge on any atom is -0.208 e. The fraction of sp³-hybridized carbons (Fsp3) is 0. The van der Waals surface area contributed by atoms with Crippen LogP contribution in [0.4, 0.5) is 4.39 Å². The fourth-order valence-electron chi connectivity index (χ4n) is 0.216. The van der Waals surface area contributed by atoms with Crippen molar-refractivity contribution >= 4 is 23.2 Å². The van der Waals surface area contributed by atoms with Crippen LogP contribution in [0.15, 0.2) is 35.1 Å². The third kappa shape index (κ3) is 4.25. The average molecular weight is 167 g/mol. The summed E-state index contributed by atoms with van der Waals surface area (Å²) < 4.78 is 11.9. The zero-order valence-corrected chi connectivity index (χ0v) is 6.14. The third-order valence-corrected chi connectivity index (χ3v) is 1.18. The van der Waals surface area contributed by atoms with E-state index in [4.69, 9.17) is 23.2 Å². The highest BCUT2D eigenvalue weighted by Gasteiger charge is 1.93. The lowest BCUT2D eigenvalue weighted by atomic mass is 10.4. The lowest BCUT2D eigenvalue weighted by molar-refractivity contribution is 0.671. The zero-order valence-electron chi connectivity index (χ0n) is 4.63. The van der Waals surface area contributed by atoms with Gasteiger partial charge >= 0.3 is 0 Å². The van der Waals surface area contributed by atoms with Crippen molar-refractivity contribution in [1.29, 1.82) is 0 Å². The molecule has 0 radical (unpaired) electrons. The lowest BCUT2D eigenvalue weighted by Crippen LogP contribution is -1.68. The second-order valence-electron chi connectivity index (χ2n) is 1.34. The molecule has 3 heteroatoms. The Hall–Kier alpha value is -0.270. The maximum atomic E-state index is 11.9. The van der Waals surface area contributed by atoms with Gasteiger partial charge in [-0.15, -0.1) is 0 Å². The van der Waals surface area contributed by atoms with Crippen molar-refractivity contribution in [3.8, 4) is 0 Å². The van der Waals surface area contributed by atoms with Crippen LogP contribution >= 0.6 is 23.2 Å². The number of rotatable bonds is 2. The highest BCUT2D eigenvalue weighted by molar-refractivity contribution is 6.43. The predicted molar refractivity (Wildman–Crippen MR) is 39.2 cm³/mol. The molecule has 0 N–H and O–H groups in total. The Bertz CT molecular complexity index is 170. The molecule has 0 bridgehead atoms. The van der Waals surface area contributed by atoms with Crippen LogP contribution in [-0.4, -0.2) is 0 Å². The molecule has 0 rings (SSSR count). The molecule has 0 atom stereocenters. The van der Waals surface area contributed by atoms with Crippen LogP contribution in [0.25, 0.3) is 0 Å². The van der Waals surface area contributed by atoms with Gasteiger partial charge in [-0.1, -0.05) is 36.4 Å². The summed E-state index contributed by atoms with van der Waals surface area (Å²) >= 11 is 10.6. The Morgan fingerprint density at radius 3 is 1.89 bits per heavy atom. The van der Waals surface area contributed by atoms with Gasteiger partial charge in [-0.2, -0.15) is 0 Å². The van der Waals surface area contributed by atoms with Crippen molar-refractivity contribution in [2.75, 3.05) is 0 Å². The summed E-state index contributed by atoms with van der Waals surface area (Å²) in [6.45, 7) is 6.22. The van der Waals surface area contributed by atoms with E-state index in [-0.39, 0.29) is 10.1 Å². The van der Waals surface area contributed by atoms with Crippen LogP contribution in [0.1, 0.15) is 0 Å². The lowest BCUT2D eigenvalue weighted by Gasteiger charge is -1.89. The highest BCUT2D eigenvalue weighted by Crippen LogP contribution is 2.17. The number of halogens is 3. The summed E-state index contributed by atoms with van der Waals surface area (Å²) in [5, 5.41) is 0.180. The first-order chi connectivity index (χ1) is 4.04. The number of hydrogen-bond acceptors (Lipinski definition) is 0. The van der Waals surface area contributed by atoms with Gasteiger partial charge in [0.2, 0.25) is 0 Å². The molecule has 0 aromatic rings. The van der Waals surface area contributed by atoms with Gasteiger partial charge in [0.05, 0.1) is 10.1 Å². The molecule has 0 fully saturated rings. The first-order valence-corrected chi connectivity index (χ1v) is 2.86. The number of allylic oxidation sites excluding steroid dienone is 4. The van der Waals surface area contributed by atoms with Gasteiger partial charge in [-0.3, -0.25) is 0 Å². The largest absolute Gasteiger partial charge is 0.208 e. The van der Waals surface area contributed by atoms with Gasteiger partial charge in [0.15, 0.2) is 0 Å². The van der Waals surface area contributed by atoms with E-state index >= 15 is 0 Å². The topological polar surface area (TPSA) is 0 Å². The van der Waals surface area contributed by atoms with Crippen molar-refractivity contribution in [2.24, 2.45) is 0 Å². The Morgan fingerprint density at radius 2 is 1.78 bits per heavy atom. The maximum absolute atomic E-state index is 11.9. The Balaban J connectivity index is 4.17. The minimum absolute atomic E-state index is 0.0733. The monoisotopic (exact) mass is 166 g/mol. The van der Waals surface area contributed by atoms with E-state index in [9.17, 15) is 4.39 Å². The van der Waals surface area contributed by atoms with E-state index in [1.807, 2.05) is 0 Å². The maximum Gasteiger partial charge on any atom is 0.117 e. The molecule has 0 spiro atoms. The van der Waals surface area contributed by atoms with Crippen LogP contribution < -0.4 is 0 Å². The molecule has 50 valence electrons. The van der Waals surface area contributed by atoms with E-state index in [0.29, 0.717) is 0 Å². The van der Waals surface area contributed by atoms with Gasteiger partial charge in [0.1, 0.15) is 5.83 Å². The molecule has 0 saturated heterocycles. The molecular formula is C6H5Cl2F. The minimum atomic E-state index is -0.637. The molecule has 0 saturated carbocycles. The van der Waals surface area contributed by atoms with E-state index in [1.165, 1.54) is 0 Å². The van der Waals surface area contributed by atoms with Crippen LogP contribution in [0.3, 0.4) is 0 Å². The first-order valence-electron chi connectivity index (χ1n) is 2.10. The smallest absolute Gasteiger partial charge is 0.117 e. The number of hydrogen-bond donors (Lipinski definition) is 0. The molecule has 0 unspecified atom stereocenters. The molecule has 0 amide bonds. The average Bonchev–Trinajstić information content (AvgIpc) is 1.63. The molecule has 0 aromatic heterocycles. The van der Waals surface area contributed by atoms with Crippen molar-refractivity contribution in [3.05, 3.63) is 35.1 Å². The Kier molecular flexibility index (Phi) is 3.59.